The molecule has 0 bridgehead atoms. The third-order valence-corrected chi connectivity index (χ3v) is 7.53. The number of β-amino-alcohol motifs (C(OH)–C–C–N with tert-alkyl or cyclic N) is 1. The number of likely N-dealkylation sites (tertiary alicyclic amines) is 1. The second-order valence-corrected chi connectivity index (χ2v) is 10.1. The second kappa shape index (κ2) is 9.70. The van der Waals surface area contributed by atoms with Gasteiger partial charge in [0.1, 0.15) is 0 Å². The van der Waals surface area contributed by atoms with Crippen molar-refractivity contribution in [1.29, 1.82) is 0 Å². The Labute approximate surface area is 206 Å². The molecule has 3 heterocycles. The molecule has 0 aromatic heterocycles. The number of piperazine rings is 1. The zero-order valence-corrected chi connectivity index (χ0v) is 20.4. The first-order valence-electron chi connectivity index (χ1n) is 12.1. The van der Waals surface area contributed by atoms with Crippen LogP contribution in [0.25, 0.3) is 0 Å². The summed E-state index contributed by atoms with van der Waals surface area (Å²) in [5.41, 5.74) is 3.32. The summed E-state index contributed by atoms with van der Waals surface area (Å²) in [4.78, 5) is 31.3. The van der Waals surface area contributed by atoms with Gasteiger partial charge in [-0.2, -0.15) is 0 Å². The first kappa shape index (κ1) is 23.9. The monoisotopic (exact) mass is 479 g/mol. The van der Waals surface area contributed by atoms with Crippen LogP contribution < -0.4 is 0 Å². The molecule has 3 fully saturated rings. The highest BCUT2D eigenvalue weighted by atomic mass is 16.5. The van der Waals surface area contributed by atoms with Gasteiger partial charge in [-0.3, -0.25) is 14.7 Å². The number of ether oxygens (including phenoxy) is 2. The molecule has 3 aliphatic heterocycles. The lowest BCUT2D eigenvalue weighted by Crippen LogP contribution is -2.77. The standard InChI is InChI=1S/C27H33N3O5/c1-34-25(32)21-7-3-5-19(9-21)12-28-14-23-11-24(31)15-30(23)27(16-28)17-29(18-27)13-20-6-4-8-22(10-20)26(33)35-2/h3-10,23-24,31H,11-18H2,1-2H3/t23-,24-/m1/s1. The van der Waals surface area contributed by atoms with Gasteiger partial charge in [-0.05, 0) is 41.8 Å². The minimum Gasteiger partial charge on any atom is -0.465 e. The molecule has 5 rings (SSSR count). The smallest absolute Gasteiger partial charge is 0.337 e. The van der Waals surface area contributed by atoms with Crippen LogP contribution in [-0.2, 0) is 22.6 Å². The Morgan fingerprint density at radius 1 is 0.886 bits per heavy atom. The van der Waals surface area contributed by atoms with Crippen molar-refractivity contribution in [2.24, 2.45) is 0 Å². The van der Waals surface area contributed by atoms with E-state index in [1.54, 1.807) is 12.1 Å². The van der Waals surface area contributed by atoms with Crippen LogP contribution in [0.1, 0.15) is 38.3 Å². The average Bonchev–Trinajstić information content (AvgIpc) is 3.23. The van der Waals surface area contributed by atoms with Crippen molar-refractivity contribution in [3.05, 3.63) is 70.8 Å². The summed E-state index contributed by atoms with van der Waals surface area (Å²) in [6, 6.07) is 15.6. The number of aliphatic hydroxyl groups excluding tert-OH is 1. The number of aliphatic hydroxyl groups is 1. The molecule has 1 spiro atoms. The number of carbonyl (C=O) groups is 2. The first-order chi connectivity index (χ1) is 16.9. The van der Waals surface area contributed by atoms with E-state index in [1.807, 2.05) is 30.3 Å². The number of nitrogens with zero attached hydrogens (tertiary/aromatic N) is 3. The molecule has 2 atom stereocenters. The normalized spacial score (nSPS) is 24.1. The fourth-order valence-corrected chi connectivity index (χ4v) is 6.16. The highest BCUT2D eigenvalue weighted by Gasteiger charge is 2.55. The summed E-state index contributed by atoms with van der Waals surface area (Å²) < 4.78 is 9.74. The molecule has 1 N–H and O–H groups in total. The van der Waals surface area contributed by atoms with Gasteiger partial charge in [-0.25, -0.2) is 9.59 Å². The molecule has 2 aromatic carbocycles. The van der Waals surface area contributed by atoms with Crippen molar-refractivity contribution < 1.29 is 24.2 Å². The summed E-state index contributed by atoms with van der Waals surface area (Å²) in [5, 5.41) is 10.5. The second-order valence-electron chi connectivity index (χ2n) is 10.1. The Balaban J connectivity index is 1.28. The van der Waals surface area contributed by atoms with E-state index in [-0.39, 0.29) is 23.6 Å². The highest BCUT2D eigenvalue weighted by Crippen LogP contribution is 2.40. The number of hydrogen-bond donors (Lipinski definition) is 1. The van der Waals surface area contributed by atoms with Gasteiger partial charge in [0.2, 0.25) is 0 Å². The molecule has 0 unspecified atom stereocenters. The highest BCUT2D eigenvalue weighted by molar-refractivity contribution is 5.89. The molecular formula is C27H33N3O5. The molecule has 0 amide bonds. The van der Waals surface area contributed by atoms with Crippen LogP contribution in [0.15, 0.2) is 48.5 Å². The topological polar surface area (TPSA) is 82.5 Å². The number of benzene rings is 2. The van der Waals surface area contributed by atoms with E-state index in [0.29, 0.717) is 17.2 Å². The summed E-state index contributed by atoms with van der Waals surface area (Å²) >= 11 is 0. The molecule has 0 saturated carbocycles. The van der Waals surface area contributed by atoms with Crippen LogP contribution in [-0.4, -0.2) is 96.4 Å². The van der Waals surface area contributed by atoms with Crippen molar-refractivity contribution in [3.63, 3.8) is 0 Å². The quantitative estimate of drug-likeness (QED) is 0.628. The Bertz CT molecular complexity index is 1100. The van der Waals surface area contributed by atoms with Crippen molar-refractivity contribution in [2.45, 2.75) is 37.2 Å². The number of rotatable bonds is 6. The lowest BCUT2D eigenvalue weighted by Gasteiger charge is -2.61. The SMILES string of the molecule is COC(=O)c1cccc(CN2C[C@H]3C[C@@H](O)CN3C3(C2)CN(Cc2cccc(C(=O)OC)c2)C3)c1. The van der Waals surface area contributed by atoms with Gasteiger partial charge >= 0.3 is 11.9 Å². The largest absolute Gasteiger partial charge is 0.465 e. The van der Waals surface area contributed by atoms with Gasteiger partial charge in [-0.1, -0.05) is 24.3 Å². The van der Waals surface area contributed by atoms with Crippen LogP contribution in [0.3, 0.4) is 0 Å². The van der Waals surface area contributed by atoms with E-state index in [9.17, 15) is 14.7 Å². The molecule has 3 aliphatic rings. The average molecular weight is 480 g/mol. The van der Waals surface area contributed by atoms with Gasteiger partial charge in [0, 0.05) is 51.9 Å². The summed E-state index contributed by atoms with van der Waals surface area (Å²) in [5.74, 6) is -0.641. The minimum atomic E-state index is -0.321. The lowest BCUT2D eigenvalue weighted by atomic mass is 9.83. The maximum Gasteiger partial charge on any atom is 0.337 e. The third kappa shape index (κ3) is 4.84. The van der Waals surface area contributed by atoms with Crippen LogP contribution in [0.2, 0.25) is 0 Å². The van der Waals surface area contributed by atoms with E-state index in [0.717, 1.165) is 63.4 Å². The van der Waals surface area contributed by atoms with Crippen molar-refractivity contribution in [2.75, 3.05) is 46.9 Å². The molecule has 8 heteroatoms. The van der Waals surface area contributed by atoms with Gasteiger partial charge in [0.15, 0.2) is 0 Å². The fourth-order valence-electron chi connectivity index (χ4n) is 6.16. The van der Waals surface area contributed by atoms with E-state index < -0.39 is 0 Å². The predicted molar refractivity (Wildman–Crippen MR) is 130 cm³/mol. The Hall–Kier alpha value is -2.78. The minimum absolute atomic E-state index is 0.000313. The van der Waals surface area contributed by atoms with E-state index >= 15 is 0 Å². The summed E-state index contributed by atoms with van der Waals surface area (Å²) in [7, 11) is 2.80. The number of methoxy groups -OCH3 is 2. The van der Waals surface area contributed by atoms with Crippen LogP contribution >= 0.6 is 0 Å². The fraction of sp³-hybridized carbons (Fsp3) is 0.481. The molecule has 8 nitrogen and oxygen atoms in total. The van der Waals surface area contributed by atoms with Gasteiger partial charge in [0.05, 0.1) is 37.0 Å². The van der Waals surface area contributed by atoms with Gasteiger partial charge in [0.25, 0.3) is 0 Å². The number of hydrogen-bond acceptors (Lipinski definition) is 8. The van der Waals surface area contributed by atoms with E-state index in [2.05, 4.69) is 20.8 Å². The molecule has 0 radical (unpaired) electrons. The molecule has 3 saturated heterocycles. The zero-order valence-electron chi connectivity index (χ0n) is 20.4. The number of carbonyl (C=O) groups excluding carboxylic acids is 2. The van der Waals surface area contributed by atoms with Gasteiger partial charge in [-0.15, -0.1) is 0 Å². The Morgan fingerprint density at radius 3 is 2.00 bits per heavy atom. The molecule has 2 aromatic rings. The van der Waals surface area contributed by atoms with Crippen molar-refractivity contribution in [1.82, 2.24) is 14.7 Å². The van der Waals surface area contributed by atoms with Gasteiger partial charge < -0.3 is 14.6 Å². The first-order valence-corrected chi connectivity index (χ1v) is 12.1. The van der Waals surface area contributed by atoms with E-state index in [1.165, 1.54) is 14.2 Å². The molecule has 35 heavy (non-hydrogen) atoms. The van der Waals surface area contributed by atoms with Crippen LogP contribution in [0.4, 0.5) is 0 Å². The van der Waals surface area contributed by atoms with E-state index in [4.69, 9.17) is 9.47 Å². The molecule has 0 aliphatic carbocycles. The zero-order chi connectivity index (χ0) is 24.6. The maximum atomic E-state index is 12.0. The lowest BCUT2D eigenvalue weighted by molar-refractivity contribution is -0.118. The van der Waals surface area contributed by atoms with Crippen molar-refractivity contribution in [3.8, 4) is 0 Å². The van der Waals surface area contributed by atoms with Crippen LogP contribution in [0.5, 0.6) is 0 Å². The summed E-state index contributed by atoms with van der Waals surface area (Å²) in [6.07, 6.45) is 0.506. The predicted octanol–water partition coefficient (Wildman–Crippen LogP) is 1.77. The summed E-state index contributed by atoms with van der Waals surface area (Å²) in [6.45, 7) is 5.90. The Morgan fingerprint density at radius 2 is 1.43 bits per heavy atom. The van der Waals surface area contributed by atoms with Crippen LogP contribution in [0, 0.1) is 0 Å². The van der Waals surface area contributed by atoms with Crippen molar-refractivity contribution >= 4 is 11.9 Å². The third-order valence-electron chi connectivity index (χ3n) is 7.53. The molecule has 186 valence electrons. The maximum absolute atomic E-state index is 12.0. The Kier molecular flexibility index (Phi) is 6.63. The number of esters is 2. The molecular weight excluding hydrogens is 446 g/mol. The number of fused-ring (bicyclic) bond motifs is 2.